The Morgan fingerprint density at radius 1 is 1.10 bits per heavy atom. The van der Waals surface area contributed by atoms with Crippen molar-refractivity contribution in [1.82, 2.24) is 15.5 Å². The number of aromatic nitrogens is 2. The van der Waals surface area contributed by atoms with Gasteiger partial charge in [0.2, 0.25) is 5.88 Å². The van der Waals surface area contributed by atoms with Crippen LogP contribution in [0.2, 0.25) is 0 Å². The molecule has 0 aliphatic heterocycles. The first-order chi connectivity index (χ1) is 9.72. The largest absolute Gasteiger partial charge is 0.477 e. The number of rotatable bonds is 11. The van der Waals surface area contributed by atoms with Gasteiger partial charge >= 0.3 is 0 Å². The molecule has 6 nitrogen and oxygen atoms in total. The fourth-order valence-corrected chi connectivity index (χ4v) is 1.41. The molecule has 0 aromatic carbocycles. The fourth-order valence-electron chi connectivity index (χ4n) is 1.41. The second kappa shape index (κ2) is 10.5. The van der Waals surface area contributed by atoms with Gasteiger partial charge in [0.05, 0.1) is 25.5 Å². The van der Waals surface area contributed by atoms with Crippen LogP contribution in [0, 0.1) is 0 Å². The third-order valence-electron chi connectivity index (χ3n) is 2.50. The van der Waals surface area contributed by atoms with Crippen LogP contribution in [-0.4, -0.2) is 49.8 Å². The number of hydrogen-bond donors (Lipinski definition) is 1. The summed E-state index contributed by atoms with van der Waals surface area (Å²) in [5.74, 6) is 0.551. The van der Waals surface area contributed by atoms with Crippen molar-refractivity contribution in [1.29, 1.82) is 0 Å². The van der Waals surface area contributed by atoms with Crippen molar-refractivity contribution < 1.29 is 14.2 Å². The maximum Gasteiger partial charge on any atom is 0.233 e. The first-order valence-corrected chi connectivity index (χ1v) is 6.98. The monoisotopic (exact) mass is 283 g/mol. The van der Waals surface area contributed by atoms with Gasteiger partial charge in [-0.2, -0.15) is 5.10 Å². The van der Waals surface area contributed by atoms with Gasteiger partial charge in [-0.15, -0.1) is 5.10 Å². The number of ether oxygens (including phenoxy) is 3. The van der Waals surface area contributed by atoms with Gasteiger partial charge in [-0.05, 0) is 6.07 Å². The highest BCUT2D eigenvalue weighted by Crippen LogP contribution is 2.05. The molecule has 6 heteroatoms. The van der Waals surface area contributed by atoms with Gasteiger partial charge in [0.15, 0.2) is 0 Å². The van der Waals surface area contributed by atoms with E-state index in [1.54, 1.807) is 7.11 Å². The van der Waals surface area contributed by atoms with Gasteiger partial charge < -0.3 is 19.5 Å². The molecule has 0 aliphatic rings. The zero-order chi connectivity index (χ0) is 14.6. The Morgan fingerprint density at radius 2 is 1.95 bits per heavy atom. The van der Waals surface area contributed by atoms with Crippen LogP contribution in [0.15, 0.2) is 12.1 Å². The summed E-state index contributed by atoms with van der Waals surface area (Å²) in [6.45, 7) is 7.39. The van der Waals surface area contributed by atoms with E-state index in [-0.39, 0.29) is 0 Å². The summed E-state index contributed by atoms with van der Waals surface area (Å²) in [4.78, 5) is 0. The van der Waals surface area contributed by atoms with E-state index in [9.17, 15) is 0 Å². The maximum absolute atomic E-state index is 5.49. The van der Waals surface area contributed by atoms with Crippen LogP contribution >= 0.6 is 0 Å². The van der Waals surface area contributed by atoms with Crippen LogP contribution < -0.4 is 10.1 Å². The molecule has 114 valence electrons. The van der Waals surface area contributed by atoms with Crippen LogP contribution in [0.3, 0.4) is 0 Å². The first kappa shape index (κ1) is 16.8. The maximum atomic E-state index is 5.49. The highest BCUT2D eigenvalue weighted by Gasteiger charge is 2.00. The minimum Gasteiger partial charge on any atom is -0.477 e. The third kappa shape index (κ3) is 8.04. The third-order valence-corrected chi connectivity index (χ3v) is 2.50. The van der Waals surface area contributed by atoms with E-state index in [0.29, 0.717) is 38.3 Å². The molecule has 1 aromatic rings. The van der Waals surface area contributed by atoms with E-state index in [2.05, 4.69) is 29.4 Å². The lowest BCUT2D eigenvalue weighted by molar-refractivity contribution is 0.0641. The van der Waals surface area contributed by atoms with Gasteiger partial charge in [-0.1, -0.05) is 13.8 Å². The molecule has 0 saturated heterocycles. The SMILES string of the molecule is COCCOCCCOc1ccc(CNC(C)C)nn1. The Labute approximate surface area is 120 Å². The van der Waals surface area contributed by atoms with E-state index >= 15 is 0 Å². The highest BCUT2D eigenvalue weighted by atomic mass is 16.5. The van der Waals surface area contributed by atoms with Gasteiger partial charge in [-0.25, -0.2) is 0 Å². The summed E-state index contributed by atoms with van der Waals surface area (Å²) >= 11 is 0. The molecule has 0 radical (unpaired) electrons. The summed E-state index contributed by atoms with van der Waals surface area (Å²) in [5.41, 5.74) is 0.911. The molecule has 0 atom stereocenters. The van der Waals surface area contributed by atoms with Gasteiger partial charge in [-0.3, -0.25) is 0 Å². The normalized spacial score (nSPS) is 11.0. The van der Waals surface area contributed by atoms with Crippen LogP contribution in [0.4, 0.5) is 0 Å². The van der Waals surface area contributed by atoms with Crippen LogP contribution in [-0.2, 0) is 16.0 Å². The lowest BCUT2D eigenvalue weighted by Crippen LogP contribution is -2.22. The molecule has 0 bridgehead atoms. The Morgan fingerprint density at radius 3 is 2.60 bits per heavy atom. The minimum absolute atomic E-state index is 0.436. The molecule has 1 N–H and O–H groups in total. The Bertz CT molecular complexity index is 344. The zero-order valence-corrected chi connectivity index (χ0v) is 12.6. The molecule has 20 heavy (non-hydrogen) atoms. The minimum atomic E-state index is 0.436. The number of methoxy groups -OCH3 is 1. The molecule has 1 aromatic heterocycles. The van der Waals surface area contributed by atoms with E-state index in [1.807, 2.05) is 12.1 Å². The summed E-state index contributed by atoms with van der Waals surface area (Å²) in [5, 5.41) is 11.4. The molecule has 0 amide bonds. The molecule has 1 heterocycles. The summed E-state index contributed by atoms with van der Waals surface area (Å²) < 4.78 is 15.7. The topological polar surface area (TPSA) is 65.5 Å². The summed E-state index contributed by atoms with van der Waals surface area (Å²) in [6.07, 6.45) is 0.821. The molecule has 0 fully saturated rings. The summed E-state index contributed by atoms with van der Waals surface area (Å²) in [7, 11) is 1.66. The van der Waals surface area contributed by atoms with Gasteiger partial charge in [0, 0.05) is 38.8 Å². The molecule has 1 rings (SSSR count). The molecule has 0 saturated carbocycles. The molecule has 0 spiro atoms. The molecule has 0 aliphatic carbocycles. The number of nitrogens with zero attached hydrogens (tertiary/aromatic N) is 2. The predicted octanol–water partition coefficient (Wildman–Crippen LogP) is 1.41. The first-order valence-electron chi connectivity index (χ1n) is 6.98. The van der Waals surface area contributed by atoms with E-state index < -0.39 is 0 Å². The Hall–Kier alpha value is -1.24. The van der Waals surface area contributed by atoms with Gasteiger partial charge in [0.1, 0.15) is 0 Å². The van der Waals surface area contributed by atoms with Crippen molar-refractivity contribution in [2.45, 2.75) is 32.9 Å². The molecular weight excluding hydrogens is 258 g/mol. The number of hydrogen-bond acceptors (Lipinski definition) is 6. The molecular formula is C14H25N3O3. The van der Waals surface area contributed by atoms with Crippen molar-refractivity contribution in [3.05, 3.63) is 17.8 Å². The van der Waals surface area contributed by atoms with Crippen molar-refractivity contribution in [3.63, 3.8) is 0 Å². The van der Waals surface area contributed by atoms with Crippen LogP contribution in [0.5, 0.6) is 5.88 Å². The average molecular weight is 283 g/mol. The molecule has 0 unspecified atom stereocenters. The second-order valence-corrected chi connectivity index (χ2v) is 4.71. The summed E-state index contributed by atoms with van der Waals surface area (Å²) in [6, 6.07) is 4.20. The quantitative estimate of drug-likeness (QED) is 0.619. The Balaban J connectivity index is 2.12. The van der Waals surface area contributed by atoms with Crippen molar-refractivity contribution in [2.24, 2.45) is 0 Å². The smallest absolute Gasteiger partial charge is 0.233 e. The lowest BCUT2D eigenvalue weighted by Gasteiger charge is -2.08. The van der Waals surface area contributed by atoms with Crippen LogP contribution in [0.25, 0.3) is 0 Å². The van der Waals surface area contributed by atoms with E-state index in [4.69, 9.17) is 14.2 Å². The second-order valence-electron chi connectivity index (χ2n) is 4.71. The predicted molar refractivity (Wildman–Crippen MR) is 76.8 cm³/mol. The van der Waals surface area contributed by atoms with E-state index in [0.717, 1.165) is 18.7 Å². The zero-order valence-electron chi connectivity index (χ0n) is 12.6. The highest BCUT2D eigenvalue weighted by molar-refractivity contribution is 5.11. The number of nitrogens with one attached hydrogen (secondary N) is 1. The van der Waals surface area contributed by atoms with E-state index in [1.165, 1.54) is 0 Å². The van der Waals surface area contributed by atoms with Crippen molar-refractivity contribution >= 4 is 0 Å². The lowest BCUT2D eigenvalue weighted by atomic mass is 10.3. The van der Waals surface area contributed by atoms with Crippen molar-refractivity contribution in [2.75, 3.05) is 33.5 Å². The van der Waals surface area contributed by atoms with Gasteiger partial charge in [0.25, 0.3) is 0 Å². The average Bonchev–Trinajstić information content (AvgIpc) is 2.45. The standard InChI is InChI=1S/C14H25N3O3/c1-12(2)15-11-13-5-6-14(17-16-13)20-8-4-7-19-10-9-18-3/h5-6,12,15H,4,7-11H2,1-3H3. The van der Waals surface area contributed by atoms with Crippen molar-refractivity contribution in [3.8, 4) is 5.88 Å². The fraction of sp³-hybridized carbons (Fsp3) is 0.714. The Kier molecular flexibility index (Phi) is 8.86. The van der Waals surface area contributed by atoms with Crippen LogP contribution in [0.1, 0.15) is 26.0 Å².